The first kappa shape index (κ1) is 12.5. The van der Waals surface area contributed by atoms with Crippen molar-refractivity contribution in [1.82, 2.24) is 4.98 Å². The zero-order chi connectivity index (χ0) is 12.1. The van der Waals surface area contributed by atoms with Crippen molar-refractivity contribution in [3.63, 3.8) is 0 Å². The van der Waals surface area contributed by atoms with E-state index < -0.39 is 0 Å². The number of anilines is 1. The third-order valence-electron chi connectivity index (χ3n) is 2.54. The summed E-state index contributed by atoms with van der Waals surface area (Å²) in [5.74, 6) is 1.46. The fourth-order valence-corrected chi connectivity index (χ4v) is 1.48. The minimum Gasteiger partial charge on any atom is -0.359 e. The molecule has 0 atom stereocenters. The molecule has 0 amide bonds. The predicted molar refractivity (Wildman–Crippen MR) is 66.4 cm³/mol. The fraction of sp³-hybridized carbons (Fsp3) is 0.538. The molecule has 0 unspecified atom stereocenters. The fourth-order valence-electron chi connectivity index (χ4n) is 1.48. The van der Waals surface area contributed by atoms with E-state index >= 15 is 0 Å². The van der Waals surface area contributed by atoms with Crippen LogP contribution in [-0.4, -0.2) is 18.6 Å². The second-order valence-corrected chi connectivity index (χ2v) is 4.54. The van der Waals surface area contributed by atoms with E-state index in [-0.39, 0.29) is 0 Å². The number of nitrogens with zero attached hydrogens (tertiary/aromatic N) is 3. The van der Waals surface area contributed by atoms with Crippen LogP contribution in [0.25, 0.3) is 0 Å². The highest BCUT2D eigenvalue weighted by atomic mass is 15.2. The van der Waals surface area contributed by atoms with E-state index in [2.05, 4.69) is 29.8 Å². The van der Waals surface area contributed by atoms with Gasteiger partial charge in [0.25, 0.3) is 0 Å². The maximum atomic E-state index is 9.02. The van der Waals surface area contributed by atoms with E-state index in [0.717, 1.165) is 24.5 Å². The molecule has 0 bridgehead atoms. The summed E-state index contributed by atoms with van der Waals surface area (Å²) >= 11 is 0. The average molecular weight is 217 g/mol. The number of nitriles is 1. The quantitative estimate of drug-likeness (QED) is 0.778. The highest BCUT2D eigenvalue weighted by Crippen LogP contribution is 2.17. The molecule has 0 radical (unpaired) electrons. The smallest absolute Gasteiger partial charge is 0.146 e. The lowest BCUT2D eigenvalue weighted by atomic mass is 10.1. The molecule has 0 N–H and O–H groups in total. The normalized spacial score (nSPS) is 10.2. The molecule has 3 nitrogen and oxygen atoms in total. The molecule has 1 rings (SSSR count). The maximum absolute atomic E-state index is 9.02. The topological polar surface area (TPSA) is 39.9 Å². The lowest BCUT2D eigenvalue weighted by Crippen LogP contribution is -2.22. The van der Waals surface area contributed by atoms with Crippen molar-refractivity contribution in [2.24, 2.45) is 5.92 Å². The molecule has 1 aromatic heterocycles. The van der Waals surface area contributed by atoms with Crippen LogP contribution in [-0.2, 0) is 0 Å². The number of rotatable bonds is 4. The van der Waals surface area contributed by atoms with Gasteiger partial charge in [0.1, 0.15) is 11.9 Å². The standard InChI is InChI=1S/C13H19N3/c1-10(2)7-8-16(4)13-12(9-14)6-5-11(3)15-13/h5-6,10H,7-8H2,1-4H3. The Morgan fingerprint density at radius 3 is 2.69 bits per heavy atom. The number of pyridine rings is 1. The van der Waals surface area contributed by atoms with Crippen molar-refractivity contribution in [2.45, 2.75) is 27.2 Å². The second-order valence-electron chi connectivity index (χ2n) is 4.54. The Kier molecular flexibility index (Phi) is 4.30. The van der Waals surface area contributed by atoms with Crippen LogP contribution in [0.4, 0.5) is 5.82 Å². The second kappa shape index (κ2) is 5.50. The van der Waals surface area contributed by atoms with Crippen LogP contribution < -0.4 is 4.90 Å². The molecule has 0 aromatic carbocycles. The molecule has 0 aliphatic carbocycles. The molecule has 0 saturated heterocycles. The molecular weight excluding hydrogens is 198 g/mol. The molecule has 3 heteroatoms. The Morgan fingerprint density at radius 2 is 2.12 bits per heavy atom. The molecule has 86 valence electrons. The van der Waals surface area contributed by atoms with Gasteiger partial charge in [-0.15, -0.1) is 0 Å². The van der Waals surface area contributed by atoms with Crippen LogP contribution in [0.5, 0.6) is 0 Å². The Bertz CT molecular complexity index is 391. The average Bonchev–Trinajstić information content (AvgIpc) is 2.25. The summed E-state index contributed by atoms with van der Waals surface area (Å²) in [6.07, 6.45) is 1.11. The molecule has 16 heavy (non-hydrogen) atoms. The van der Waals surface area contributed by atoms with E-state index in [1.165, 1.54) is 0 Å². The molecular formula is C13H19N3. The SMILES string of the molecule is Cc1ccc(C#N)c(N(C)CCC(C)C)n1. The lowest BCUT2D eigenvalue weighted by molar-refractivity contribution is 0.583. The van der Waals surface area contributed by atoms with Crippen LogP contribution in [0.1, 0.15) is 31.5 Å². The summed E-state index contributed by atoms with van der Waals surface area (Å²) in [4.78, 5) is 6.49. The molecule has 1 heterocycles. The monoisotopic (exact) mass is 217 g/mol. The van der Waals surface area contributed by atoms with Gasteiger partial charge < -0.3 is 4.90 Å². The van der Waals surface area contributed by atoms with E-state index in [4.69, 9.17) is 5.26 Å². The molecule has 0 aliphatic rings. The van der Waals surface area contributed by atoms with Gasteiger partial charge in [-0.2, -0.15) is 5.26 Å². The van der Waals surface area contributed by atoms with Crippen molar-refractivity contribution >= 4 is 5.82 Å². The summed E-state index contributed by atoms with van der Waals surface area (Å²) in [5, 5.41) is 9.02. The summed E-state index contributed by atoms with van der Waals surface area (Å²) in [6.45, 7) is 7.27. The molecule has 0 saturated carbocycles. The van der Waals surface area contributed by atoms with Crippen molar-refractivity contribution in [1.29, 1.82) is 5.26 Å². The highest BCUT2D eigenvalue weighted by Gasteiger charge is 2.09. The van der Waals surface area contributed by atoms with E-state index in [9.17, 15) is 0 Å². The van der Waals surface area contributed by atoms with Gasteiger partial charge in [0.2, 0.25) is 0 Å². The van der Waals surface area contributed by atoms with E-state index in [0.29, 0.717) is 11.5 Å². The van der Waals surface area contributed by atoms with E-state index in [1.807, 2.05) is 26.1 Å². The summed E-state index contributed by atoms with van der Waals surface area (Å²) in [5.41, 5.74) is 1.60. The highest BCUT2D eigenvalue weighted by molar-refractivity contribution is 5.53. The first-order valence-corrected chi connectivity index (χ1v) is 5.63. The van der Waals surface area contributed by atoms with Crippen molar-refractivity contribution in [2.75, 3.05) is 18.5 Å². The van der Waals surface area contributed by atoms with Gasteiger partial charge >= 0.3 is 0 Å². The van der Waals surface area contributed by atoms with Gasteiger partial charge in [-0.05, 0) is 31.4 Å². The number of hydrogen-bond donors (Lipinski definition) is 0. The first-order chi connectivity index (χ1) is 7.54. The Morgan fingerprint density at radius 1 is 1.44 bits per heavy atom. The minimum absolute atomic E-state index is 0.650. The zero-order valence-electron chi connectivity index (χ0n) is 10.5. The van der Waals surface area contributed by atoms with Crippen LogP contribution in [0.2, 0.25) is 0 Å². The minimum atomic E-state index is 0.650. The maximum Gasteiger partial charge on any atom is 0.146 e. The number of hydrogen-bond acceptors (Lipinski definition) is 3. The Hall–Kier alpha value is -1.56. The molecule has 0 aliphatic heterocycles. The van der Waals surface area contributed by atoms with E-state index in [1.54, 1.807) is 0 Å². The van der Waals surface area contributed by atoms with Crippen LogP contribution in [0.3, 0.4) is 0 Å². The number of aryl methyl sites for hydroxylation is 1. The van der Waals surface area contributed by atoms with Crippen LogP contribution >= 0.6 is 0 Å². The Balaban J connectivity index is 2.85. The largest absolute Gasteiger partial charge is 0.359 e. The van der Waals surface area contributed by atoms with Gasteiger partial charge in [0.15, 0.2) is 0 Å². The zero-order valence-corrected chi connectivity index (χ0v) is 10.5. The summed E-state index contributed by atoms with van der Waals surface area (Å²) < 4.78 is 0. The van der Waals surface area contributed by atoms with Crippen molar-refractivity contribution in [3.8, 4) is 6.07 Å². The molecule has 0 fully saturated rings. The molecule has 0 spiro atoms. The Labute approximate surface area is 97.7 Å². The predicted octanol–water partition coefficient (Wildman–Crippen LogP) is 2.74. The summed E-state index contributed by atoms with van der Waals surface area (Å²) in [6, 6.07) is 5.90. The summed E-state index contributed by atoms with van der Waals surface area (Å²) in [7, 11) is 1.99. The van der Waals surface area contributed by atoms with Gasteiger partial charge in [-0.1, -0.05) is 13.8 Å². The van der Waals surface area contributed by atoms with Crippen LogP contribution in [0.15, 0.2) is 12.1 Å². The third-order valence-corrected chi connectivity index (χ3v) is 2.54. The number of aromatic nitrogens is 1. The van der Waals surface area contributed by atoms with Crippen LogP contribution in [0, 0.1) is 24.2 Å². The van der Waals surface area contributed by atoms with Crippen molar-refractivity contribution < 1.29 is 0 Å². The van der Waals surface area contributed by atoms with Gasteiger partial charge in [0.05, 0.1) is 5.56 Å². The molecule has 1 aromatic rings. The van der Waals surface area contributed by atoms with Gasteiger partial charge in [-0.3, -0.25) is 0 Å². The van der Waals surface area contributed by atoms with Crippen molar-refractivity contribution in [3.05, 3.63) is 23.4 Å². The third kappa shape index (κ3) is 3.23. The lowest BCUT2D eigenvalue weighted by Gasteiger charge is -2.20. The van der Waals surface area contributed by atoms with Gasteiger partial charge in [-0.25, -0.2) is 4.98 Å². The van der Waals surface area contributed by atoms with Gasteiger partial charge in [0, 0.05) is 19.3 Å². The first-order valence-electron chi connectivity index (χ1n) is 5.63.